The molecule has 19 heavy (non-hydrogen) atoms. The first-order valence-electron chi connectivity index (χ1n) is 6.11. The second-order valence-electron chi connectivity index (χ2n) is 4.60. The number of hydrogen-bond donors (Lipinski definition) is 2. The molecule has 0 radical (unpaired) electrons. The Kier molecular flexibility index (Phi) is 3.81. The van der Waals surface area contributed by atoms with Gasteiger partial charge in [0.05, 0.1) is 25.7 Å². The molecule has 0 aliphatic carbocycles. The Bertz CT molecular complexity index is 590. The van der Waals surface area contributed by atoms with Gasteiger partial charge in [-0.05, 0) is 36.4 Å². The van der Waals surface area contributed by atoms with Crippen molar-refractivity contribution in [3.63, 3.8) is 0 Å². The Morgan fingerprint density at radius 1 is 1.11 bits per heavy atom. The standard InChI is InChI=1S/C15H18O4/c1-9(16)4-10-5-11-7-12(18-2)8-14(19-3)15(11)13(17)6-10/h5-9,16-17H,4H2,1-3H3/t9-/m1/s1. The van der Waals surface area contributed by atoms with Gasteiger partial charge in [-0.15, -0.1) is 0 Å². The van der Waals surface area contributed by atoms with Crippen LogP contribution in [0, 0.1) is 0 Å². The summed E-state index contributed by atoms with van der Waals surface area (Å²) in [6, 6.07) is 7.15. The van der Waals surface area contributed by atoms with Crippen LogP contribution in [0.1, 0.15) is 12.5 Å². The molecule has 102 valence electrons. The van der Waals surface area contributed by atoms with Crippen molar-refractivity contribution in [2.75, 3.05) is 14.2 Å². The Labute approximate surface area is 112 Å². The zero-order chi connectivity index (χ0) is 14.0. The average Bonchev–Trinajstić information content (AvgIpc) is 2.36. The van der Waals surface area contributed by atoms with Crippen molar-refractivity contribution in [2.45, 2.75) is 19.4 Å². The van der Waals surface area contributed by atoms with Gasteiger partial charge in [0, 0.05) is 6.07 Å². The predicted molar refractivity (Wildman–Crippen MR) is 74.1 cm³/mol. The minimum absolute atomic E-state index is 0.146. The van der Waals surface area contributed by atoms with Gasteiger partial charge in [0.2, 0.25) is 0 Å². The first-order chi connectivity index (χ1) is 9.05. The van der Waals surface area contributed by atoms with E-state index >= 15 is 0 Å². The summed E-state index contributed by atoms with van der Waals surface area (Å²) in [5.74, 6) is 1.38. The smallest absolute Gasteiger partial charge is 0.134 e. The Morgan fingerprint density at radius 2 is 1.84 bits per heavy atom. The predicted octanol–water partition coefficient (Wildman–Crippen LogP) is 2.49. The van der Waals surface area contributed by atoms with E-state index in [-0.39, 0.29) is 5.75 Å². The van der Waals surface area contributed by atoms with Crippen LogP contribution in [-0.2, 0) is 6.42 Å². The van der Waals surface area contributed by atoms with Gasteiger partial charge < -0.3 is 19.7 Å². The van der Waals surface area contributed by atoms with Gasteiger partial charge in [-0.3, -0.25) is 0 Å². The number of rotatable bonds is 4. The lowest BCUT2D eigenvalue weighted by atomic mass is 10.0. The minimum atomic E-state index is -0.454. The molecule has 0 unspecified atom stereocenters. The molecule has 0 bridgehead atoms. The fraction of sp³-hybridized carbons (Fsp3) is 0.333. The molecule has 2 rings (SSSR count). The Morgan fingerprint density at radius 3 is 2.42 bits per heavy atom. The van der Waals surface area contributed by atoms with E-state index in [2.05, 4.69) is 0 Å². The Hall–Kier alpha value is -1.94. The van der Waals surface area contributed by atoms with Gasteiger partial charge in [0.1, 0.15) is 17.2 Å². The van der Waals surface area contributed by atoms with Crippen LogP contribution in [0.3, 0.4) is 0 Å². The molecule has 0 heterocycles. The van der Waals surface area contributed by atoms with Gasteiger partial charge in [-0.2, -0.15) is 0 Å². The van der Waals surface area contributed by atoms with Crippen molar-refractivity contribution in [3.8, 4) is 17.2 Å². The van der Waals surface area contributed by atoms with E-state index in [9.17, 15) is 10.2 Å². The lowest BCUT2D eigenvalue weighted by Gasteiger charge is -2.12. The van der Waals surface area contributed by atoms with Gasteiger partial charge >= 0.3 is 0 Å². The molecule has 0 fully saturated rings. The summed E-state index contributed by atoms with van der Waals surface area (Å²) in [7, 11) is 3.14. The molecule has 2 aromatic rings. The number of phenols is 1. The lowest BCUT2D eigenvalue weighted by molar-refractivity contribution is 0.195. The average molecular weight is 262 g/mol. The van der Waals surface area contributed by atoms with E-state index in [4.69, 9.17) is 9.47 Å². The molecule has 2 N–H and O–H groups in total. The maximum absolute atomic E-state index is 10.1. The Balaban J connectivity index is 2.65. The van der Waals surface area contributed by atoms with E-state index in [1.807, 2.05) is 12.1 Å². The summed E-state index contributed by atoms with van der Waals surface area (Å²) in [6.45, 7) is 1.72. The molecule has 0 saturated heterocycles. The molecular weight excluding hydrogens is 244 g/mol. The number of methoxy groups -OCH3 is 2. The van der Waals surface area contributed by atoms with Gasteiger partial charge in [-0.25, -0.2) is 0 Å². The third-order valence-electron chi connectivity index (χ3n) is 3.01. The molecule has 0 saturated carbocycles. The molecule has 0 aliphatic rings. The van der Waals surface area contributed by atoms with E-state index < -0.39 is 6.10 Å². The molecule has 2 aromatic carbocycles. The zero-order valence-corrected chi connectivity index (χ0v) is 11.3. The van der Waals surface area contributed by atoms with Crippen LogP contribution < -0.4 is 9.47 Å². The van der Waals surface area contributed by atoms with Crippen LogP contribution >= 0.6 is 0 Å². The van der Waals surface area contributed by atoms with Crippen molar-refractivity contribution in [2.24, 2.45) is 0 Å². The second-order valence-corrected chi connectivity index (χ2v) is 4.60. The third-order valence-corrected chi connectivity index (χ3v) is 3.01. The van der Waals surface area contributed by atoms with Crippen LogP contribution in [0.25, 0.3) is 10.8 Å². The molecule has 0 spiro atoms. The van der Waals surface area contributed by atoms with Crippen molar-refractivity contribution >= 4 is 10.8 Å². The summed E-state index contributed by atoms with van der Waals surface area (Å²) in [5, 5.41) is 21.1. The van der Waals surface area contributed by atoms with Crippen LogP contribution in [0.4, 0.5) is 0 Å². The summed E-state index contributed by atoms with van der Waals surface area (Å²) >= 11 is 0. The zero-order valence-electron chi connectivity index (χ0n) is 11.3. The van der Waals surface area contributed by atoms with Crippen LogP contribution in [0.5, 0.6) is 17.2 Å². The monoisotopic (exact) mass is 262 g/mol. The van der Waals surface area contributed by atoms with Crippen LogP contribution in [0.15, 0.2) is 24.3 Å². The largest absolute Gasteiger partial charge is 0.507 e. The summed E-state index contributed by atoms with van der Waals surface area (Å²) in [6.07, 6.45) is 0.0348. The SMILES string of the molecule is COc1cc(OC)c2c(O)cc(C[C@@H](C)O)cc2c1. The maximum Gasteiger partial charge on any atom is 0.134 e. The first kappa shape index (κ1) is 13.5. The van der Waals surface area contributed by atoms with Crippen molar-refractivity contribution in [3.05, 3.63) is 29.8 Å². The molecule has 0 amide bonds. The first-order valence-corrected chi connectivity index (χ1v) is 6.11. The van der Waals surface area contributed by atoms with Gasteiger partial charge in [0.25, 0.3) is 0 Å². The van der Waals surface area contributed by atoms with Gasteiger partial charge in [0.15, 0.2) is 0 Å². The summed E-state index contributed by atoms with van der Waals surface area (Å²) < 4.78 is 10.5. The lowest BCUT2D eigenvalue weighted by Crippen LogP contribution is -2.04. The molecule has 1 atom stereocenters. The molecule has 4 nitrogen and oxygen atoms in total. The number of aliphatic hydroxyl groups excluding tert-OH is 1. The number of aliphatic hydroxyl groups is 1. The summed E-state index contributed by atoms with van der Waals surface area (Å²) in [5.41, 5.74) is 0.871. The molecule has 4 heteroatoms. The highest BCUT2D eigenvalue weighted by Gasteiger charge is 2.12. The second kappa shape index (κ2) is 5.36. The minimum Gasteiger partial charge on any atom is -0.507 e. The summed E-state index contributed by atoms with van der Waals surface area (Å²) in [4.78, 5) is 0. The normalized spacial score (nSPS) is 12.4. The number of fused-ring (bicyclic) bond motifs is 1. The van der Waals surface area contributed by atoms with E-state index in [1.165, 1.54) is 0 Å². The third kappa shape index (κ3) is 2.74. The number of benzene rings is 2. The van der Waals surface area contributed by atoms with Crippen molar-refractivity contribution in [1.29, 1.82) is 0 Å². The van der Waals surface area contributed by atoms with Crippen LogP contribution in [0.2, 0.25) is 0 Å². The maximum atomic E-state index is 10.1. The fourth-order valence-corrected chi connectivity index (χ4v) is 2.23. The van der Waals surface area contributed by atoms with Gasteiger partial charge in [-0.1, -0.05) is 6.07 Å². The molecule has 0 aromatic heterocycles. The number of hydrogen-bond acceptors (Lipinski definition) is 4. The van der Waals surface area contributed by atoms with Crippen molar-refractivity contribution in [1.82, 2.24) is 0 Å². The van der Waals surface area contributed by atoms with Crippen LogP contribution in [-0.4, -0.2) is 30.5 Å². The van der Waals surface area contributed by atoms with E-state index in [1.54, 1.807) is 33.3 Å². The highest BCUT2D eigenvalue weighted by Crippen LogP contribution is 2.37. The van der Waals surface area contributed by atoms with E-state index in [0.29, 0.717) is 23.3 Å². The number of ether oxygens (including phenoxy) is 2. The highest BCUT2D eigenvalue weighted by molar-refractivity contribution is 5.95. The van der Waals surface area contributed by atoms with E-state index in [0.717, 1.165) is 10.9 Å². The fourth-order valence-electron chi connectivity index (χ4n) is 2.23. The number of phenolic OH excluding ortho intramolecular Hbond substituents is 1. The molecular formula is C15H18O4. The quantitative estimate of drug-likeness (QED) is 0.888. The molecule has 0 aliphatic heterocycles. The highest BCUT2D eigenvalue weighted by atomic mass is 16.5. The number of aromatic hydroxyl groups is 1. The van der Waals surface area contributed by atoms with Crippen molar-refractivity contribution < 1.29 is 19.7 Å². The topological polar surface area (TPSA) is 58.9 Å².